The predicted octanol–water partition coefficient (Wildman–Crippen LogP) is 1.76. The van der Waals surface area contributed by atoms with E-state index in [1.165, 1.54) is 0 Å². The molecule has 4 rings (SSSR count). The molecule has 2 aliphatic rings. The molecule has 2 fully saturated rings. The number of carbonyl (C=O) groups excluding carboxylic acids is 1. The molecule has 152 valence electrons. The van der Waals surface area contributed by atoms with Gasteiger partial charge in [0, 0.05) is 35.9 Å². The Kier molecular flexibility index (Phi) is 5.42. The summed E-state index contributed by atoms with van der Waals surface area (Å²) in [4.78, 5) is 18.8. The average Bonchev–Trinajstić information content (AvgIpc) is 3.25. The van der Waals surface area contributed by atoms with Gasteiger partial charge in [-0.3, -0.25) is 9.69 Å². The highest BCUT2D eigenvalue weighted by Crippen LogP contribution is 2.31. The van der Waals surface area contributed by atoms with Crippen molar-refractivity contribution < 1.29 is 13.2 Å². The number of hydrogen-bond donors (Lipinski definition) is 1. The SMILES string of the molecule is CN(CC(=O)NC1CCC(n2ccc3cccnc32)CC1)C1CCS(=O)(=O)C1. The lowest BCUT2D eigenvalue weighted by Gasteiger charge is -2.31. The Hall–Kier alpha value is -1.93. The lowest BCUT2D eigenvalue weighted by Crippen LogP contribution is -2.45. The lowest BCUT2D eigenvalue weighted by atomic mass is 9.91. The Labute approximate surface area is 166 Å². The molecule has 1 amide bonds. The average molecular weight is 405 g/mol. The number of nitrogens with one attached hydrogen (secondary N) is 1. The van der Waals surface area contributed by atoms with Gasteiger partial charge < -0.3 is 9.88 Å². The van der Waals surface area contributed by atoms with E-state index in [-0.39, 0.29) is 36.0 Å². The first-order chi connectivity index (χ1) is 13.4. The maximum atomic E-state index is 12.4. The number of rotatable bonds is 5. The van der Waals surface area contributed by atoms with Crippen molar-refractivity contribution in [3.8, 4) is 0 Å². The maximum Gasteiger partial charge on any atom is 0.234 e. The number of pyridine rings is 1. The Morgan fingerprint density at radius 2 is 2.04 bits per heavy atom. The Bertz CT molecular complexity index is 947. The van der Waals surface area contributed by atoms with Crippen molar-refractivity contribution in [1.82, 2.24) is 19.8 Å². The van der Waals surface area contributed by atoms with E-state index in [0.717, 1.165) is 36.7 Å². The van der Waals surface area contributed by atoms with Crippen molar-refractivity contribution in [2.45, 2.75) is 50.2 Å². The van der Waals surface area contributed by atoms with Crippen LogP contribution in [0.2, 0.25) is 0 Å². The van der Waals surface area contributed by atoms with Crippen molar-refractivity contribution in [3.05, 3.63) is 30.6 Å². The number of fused-ring (bicyclic) bond motifs is 1. The molecule has 1 unspecified atom stereocenters. The van der Waals surface area contributed by atoms with Gasteiger partial charge in [-0.15, -0.1) is 0 Å². The maximum absolute atomic E-state index is 12.4. The molecule has 3 heterocycles. The largest absolute Gasteiger partial charge is 0.352 e. The van der Waals surface area contributed by atoms with Crippen molar-refractivity contribution in [1.29, 1.82) is 0 Å². The molecule has 1 saturated heterocycles. The summed E-state index contributed by atoms with van der Waals surface area (Å²) in [5, 5.41) is 4.30. The van der Waals surface area contributed by atoms with Gasteiger partial charge in [-0.1, -0.05) is 0 Å². The Morgan fingerprint density at radius 1 is 1.25 bits per heavy atom. The van der Waals surface area contributed by atoms with Gasteiger partial charge in [-0.25, -0.2) is 13.4 Å². The number of likely N-dealkylation sites (N-methyl/N-ethyl adjacent to an activating group) is 1. The minimum atomic E-state index is -2.93. The zero-order valence-electron chi connectivity index (χ0n) is 16.3. The zero-order valence-corrected chi connectivity index (χ0v) is 17.1. The molecule has 8 heteroatoms. The van der Waals surface area contributed by atoms with Gasteiger partial charge in [0.15, 0.2) is 9.84 Å². The van der Waals surface area contributed by atoms with Crippen LogP contribution in [-0.4, -0.2) is 66.0 Å². The summed E-state index contributed by atoms with van der Waals surface area (Å²) in [6.07, 6.45) is 8.50. The first-order valence-electron chi connectivity index (χ1n) is 10.0. The van der Waals surface area contributed by atoms with Gasteiger partial charge in [-0.2, -0.15) is 0 Å². The molecule has 0 bridgehead atoms. The van der Waals surface area contributed by atoms with Crippen molar-refractivity contribution in [2.75, 3.05) is 25.1 Å². The molecule has 2 aromatic rings. The van der Waals surface area contributed by atoms with E-state index in [9.17, 15) is 13.2 Å². The van der Waals surface area contributed by atoms with Crippen LogP contribution in [0.1, 0.15) is 38.1 Å². The Morgan fingerprint density at radius 3 is 2.75 bits per heavy atom. The topological polar surface area (TPSA) is 84.3 Å². The highest BCUT2D eigenvalue weighted by Gasteiger charge is 2.32. The van der Waals surface area contributed by atoms with Gasteiger partial charge >= 0.3 is 0 Å². The van der Waals surface area contributed by atoms with Crippen LogP contribution in [-0.2, 0) is 14.6 Å². The molecular weight excluding hydrogens is 376 g/mol. The van der Waals surface area contributed by atoms with Crippen LogP contribution < -0.4 is 5.32 Å². The summed E-state index contributed by atoms with van der Waals surface area (Å²) >= 11 is 0. The van der Waals surface area contributed by atoms with E-state index in [2.05, 4.69) is 33.2 Å². The van der Waals surface area contributed by atoms with Crippen LogP contribution in [0, 0.1) is 0 Å². The van der Waals surface area contributed by atoms with Crippen LogP contribution >= 0.6 is 0 Å². The van der Waals surface area contributed by atoms with Crippen molar-refractivity contribution in [2.24, 2.45) is 0 Å². The number of nitrogens with zero attached hydrogens (tertiary/aromatic N) is 3. The number of sulfone groups is 1. The monoisotopic (exact) mass is 404 g/mol. The van der Waals surface area contributed by atoms with E-state index in [1.54, 1.807) is 0 Å². The molecule has 1 aliphatic heterocycles. The zero-order chi connectivity index (χ0) is 19.7. The second kappa shape index (κ2) is 7.83. The number of hydrogen-bond acceptors (Lipinski definition) is 5. The van der Waals surface area contributed by atoms with Gasteiger partial charge in [-0.05, 0) is 57.4 Å². The summed E-state index contributed by atoms with van der Waals surface area (Å²) in [6, 6.07) is 6.72. The van der Waals surface area contributed by atoms with Gasteiger partial charge in [0.2, 0.25) is 5.91 Å². The van der Waals surface area contributed by atoms with Gasteiger partial charge in [0.25, 0.3) is 0 Å². The number of aromatic nitrogens is 2. The van der Waals surface area contributed by atoms with Crippen LogP contribution in [0.15, 0.2) is 30.6 Å². The molecule has 7 nitrogen and oxygen atoms in total. The molecule has 1 N–H and O–H groups in total. The van der Waals surface area contributed by atoms with E-state index in [1.807, 2.05) is 24.2 Å². The van der Waals surface area contributed by atoms with Crippen molar-refractivity contribution >= 4 is 26.8 Å². The van der Waals surface area contributed by atoms with Gasteiger partial charge in [0.1, 0.15) is 5.65 Å². The molecule has 28 heavy (non-hydrogen) atoms. The minimum absolute atomic E-state index is 0.0108. The molecule has 1 atom stereocenters. The molecule has 2 aromatic heterocycles. The second-order valence-electron chi connectivity index (χ2n) is 8.18. The number of amides is 1. The third-order valence-corrected chi connectivity index (χ3v) is 7.91. The fourth-order valence-corrected chi connectivity index (χ4v) is 6.34. The Balaban J connectivity index is 1.27. The van der Waals surface area contributed by atoms with E-state index in [4.69, 9.17) is 0 Å². The summed E-state index contributed by atoms with van der Waals surface area (Å²) in [7, 11) is -1.09. The fraction of sp³-hybridized carbons (Fsp3) is 0.600. The molecule has 1 aliphatic carbocycles. The third-order valence-electron chi connectivity index (χ3n) is 6.16. The standard InChI is InChI=1S/C20H28N4O3S/c1-23(18-9-12-28(26,27)14-18)13-19(25)22-16-4-6-17(7-5-16)24-11-8-15-3-2-10-21-20(15)24/h2-3,8,10-11,16-18H,4-7,9,12-14H2,1H3,(H,22,25). The van der Waals surface area contributed by atoms with Crippen LogP contribution in [0.25, 0.3) is 11.0 Å². The molecule has 0 radical (unpaired) electrons. The molecule has 0 spiro atoms. The van der Waals surface area contributed by atoms with Crippen LogP contribution in [0.3, 0.4) is 0 Å². The van der Waals surface area contributed by atoms with E-state index in [0.29, 0.717) is 12.5 Å². The highest BCUT2D eigenvalue weighted by molar-refractivity contribution is 7.91. The third kappa shape index (κ3) is 4.22. The smallest absolute Gasteiger partial charge is 0.234 e. The summed E-state index contributed by atoms with van der Waals surface area (Å²) in [6.45, 7) is 0.256. The first-order valence-corrected chi connectivity index (χ1v) is 11.8. The predicted molar refractivity (Wildman–Crippen MR) is 109 cm³/mol. The normalized spacial score (nSPS) is 27.3. The lowest BCUT2D eigenvalue weighted by molar-refractivity contribution is -0.123. The highest BCUT2D eigenvalue weighted by atomic mass is 32.2. The quantitative estimate of drug-likeness (QED) is 0.821. The number of carbonyl (C=O) groups is 1. The van der Waals surface area contributed by atoms with Crippen LogP contribution in [0.4, 0.5) is 0 Å². The first kappa shape index (κ1) is 19.4. The molecule has 1 saturated carbocycles. The summed E-state index contributed by atoms with van der Waals surface area (Å²) < 4.78 is 25.5. The second-order valence-corrected chi connectivity index (χ2v) is 10.4. The minimum Gasteiger partial charge on any atom is -0.352 e. The fourth-order valence-electron chi connectivity index (χ4n) is 4.53. The molecular formula is C20H28N4O3S. The van der Waals surface area contributed by atoms with Crippen LogP contribution in [0.5, 0.6) is 0 Å². The van der Waals surface area contributed by atoms with E-state index < -0.39 is 9.84 Å². The summed E-state index contributed by atoms with van der Waals surface area (Å²) in [5.74, 6) is 0.389. The van der Waals surface area contributed by atoms with Gasteiger partial charge in [0.05, 0.1) is 18.1 Å². The molecule has 0 aromatic carbocycles. The van der Waals surface area contributed by atoms with Crippen molar-refractivity contribution in [3.63, 3.8) is 0 Å². The summed E-state index contributed by atoms with van der Waals surface area (Å²) in [5.41, 5.74) is 1.03. The van der Waals surface area contributed by atoms with E-state index >= 15 is 0 Å².